The molecule has 0 amide bonds. The Morgan fingerprint density at radius 1 is 1.50 bits per heavy atom. The highest BCUT2D eigenvalue weighted by molar-refractivity contribution is 5.69. The Bertz CT molecular complexity index is 558. The van der Waals surface area contributed by atoms with Gasteiger partial charge in [-0.1, -0.05) is 5.21 Å². The molecule has 1 N–H and O–H groups in total. The maximum absolute atomic E-state index is 10.5. The maximum atomic E-state index is 10.5. The zero-order valence-corrected chi connectivity index (χ0v) is 10.4. The third-order valence-electron chi connectivity index (χ3n) is 2.53. The fraction of sp³-hybridized carbons (Fsp3) is 0.455. The second kappa shape index (κ2) is 4.99. The molecule has 0 aliphatic heterocycles. The van der Waals surface area contributed by atoms with E-state index in [4.69, 9.17) is 5.11 Å². The van der Waals surface area contributed by atoms with Gasteiger partial charge in [0.1, 0.15) is 0 Å². The van der Waals surface area contributed by atoms with Crippen LogP contribution in [0.4, 0.5) is 0 Å². The average Bonchev–Trinajstić information content (AvgIpc) is 2.85. The Labute approximate surface area is 104 Å². The van der Waals surface area contributed by atoms with Gasteiger partial charge in [-0.25, -0.2) is 4.68 Å². The van der Waals surface area contributed by atoms with Crippen molar-refractivity contribution in [3.8, 4) is 0 Å². The minimum Gasteiger partial charge on any atom is -0.481 e. The molecule has 2 heterocycles. The molecule has 0 bridgehead atoms. The Hall–Kier alpha value is -2.18. The molecule has 0 aromatic carbocycles. The zero-order valence-electron chi connectivity index (χ0n) is 10.4. The molecule has 18 heavy (non-hydrogen) atoms. The van der Waals surface area contributed by atoms with Crippen LogP contribution in [0.3, 0.4) is 0 Å². The first-order chi connectivity index (χ1) is 8.58. The number of hydrogen-bond donors (Lipinski definition) is 1. The first-order valence-corrected chi connectivity index (χ1v) is 5.72. The van der Waals surface area contributed by atoms with Crippen LogP contribution in [0.15, 0.2) is 12.3 Å². The molecule has 96 valence electrons. The van der Waals surface area contributed by atoms with Gasteiger partial charge in [0.25, 0.3) is 0 Å². The molecule has 7 nitrogen and oxygen atoms in total. The highest BCUT2D eigenvalue weighted by atomic mass is 16.4. The maximum Gasteiger partial charge on any atom is 0.309 e. The lowest BCUT2D eigenvalue weighted by atomic mass is 10.3. The van der Waals surface area contributed by atoms with Gasteiger partial charge >= 0.3 is 5.97 Å². The van der Waals surface area contributed by atoms with E-state index in [1.165, 1.54) is 0 Å². The predicted octanol–water partition coefficient (Wildman–Crippen LogP) is 0.478. The molecule has 7 heteroatoms. The number of carboxylic acid groups (broad SMARTS) is 1. The molecule has 2 aromatic heterocycles. The van der Waals surface area contributed by atoms with Crippen LogP contribution in [-0.4, -0.2) is 35.9 Å². The predicted molar refractivity (Wildman–Crippen MR) is 63.1 cm³/mol. The summed E-state index contributed by atoms with van der Waals surface area (Å²) in [5.74, 6) is -0.906. The van der Waals surface area contributed by atoms with Gasteiger partial charge in [0.2, 0.25) is 0 Å². The molecular formula is C11H15N5O2. The molecule has 2 aromatic rings. The normalized spacial score (nSPS) is 10.8. The molecule has 0 unspecified atom stereocenters. The number of carbonyl (C=O) groups is 1. The van der Waals surface area contributed by atoms with Gasteiger partial charge in [-0.15, -0.1) is 5.10 Å². The van der Waals surface area contributed by atoms with E-state index in [0.717, 1.165) is 17.9 Å². The number of carboxylic acids is 1. The van der Waals surface area contributed by atoms with E-state index < -0.39 is 5.97 Å². The first kappa shape index (κ1) is 12.3. The average molecular weight is 249 g/mol. The first-order valence-electron chi connectivity index (χ1n) is 5.72. The topological polar surface area (TPSA) is 85.8 Å². The van der Waals surface area contributed by atoms with Crippen LogP contribution < -0.4 is 0 Å². The van der Waals surface area contributed by atoms with Gasteiger partial charge in [0.15, 0.2) is 0 Å². The van der Waals surface area contributed by atoms with Gasteiger partial charge < -0.3 is 5.11 Å². The quantitative estimate of drug-likeness (QED) is 0.832. The third kappa shape index (κ3) is 2.73. The molecule has 0 saturated carbocycles. The molecule has 0 aliphatic rings. The lowest BCUT2D eigenvalue weighted by Gasteiger charge is -2.03. The van der Waals surface area contributed by atoms with E-state index in [1.807, 2.05) is 24.6 Å². The van der Waals surface area contributed by atoms with Gasteiger partial charge in [0, 0.05) is 12.7 Å². The number of nitrogens with zero attached hydrogens (tertiary/aromatic N) is 5. The van der Waals surface area contributed by atoms with E-state index in [2.05, 4.69) is 15.4 Å². The van der Waals surface area contributed by atoms with Crippen molar-refractivity contribution in [2.45, 2.75) is 33.4 Å². The summed E-state index contributed by atoms with van der Waals surface area (Å²) in [6, 6.07) is 1.99. The third-order valence-corrected chi connectivity index (χ3v) is 2.53. The van der Waals surface area contributed by atoms with Crippen LogP contribution in [0.2, 0.25) is 0 Å². The molecule has 0 atom stereocenters. The Morgan fingerprint density at radius 3 is 2.94 bits per heavy atom. The van der Waals surface area contributed by atoms with Gasteiger partial charge in [-0.2, -0.15) is 5.10 Å². The number of aliphatic carboxylic acids is 1. The lowest BCUT2D eigenvalue weighted by Crippen LogP contribution is -2.08. The Kier molecular flexibility index (Phi) is 3.40. The molecule has 0 saturated heterocycles. The van der Waals surface area contributed by atoms with Crippen molar-refractivity contribution in [2.75, 3.05) is 0 Å². The van der Waals surface area contributed by atoms with Crippen molar-refractivity contribution < 1.29 is 9.90 Å². The minimum atomic E-state index is -0.906. The standard InChI is InChI=1S/C11H15N5O2/c1-3-16-10(4-8(2)13-16)7-15-6-9(12-14-15)5-11(17)18/h4,6H,3,5,7H2,1-2H3,(H,17,18). The van der Waals surface area contributed by atoms with Crippen molar-refractivity contribution >= 4 is 5.97 Å². The lowest BCUT2D eigenvalue weighted by molar-refractivity contribution is -0.136. The summed E-state index contributed by atoms with van der Waals surface area (Å²) >= 11 is 0. The van der Waals surface area contributed by atoms with E-state index >= 15 is 0 Å². The van der Waals surface area contributed by atoms with Crippen molar-refractivity contribution in [1.82, 2.24) is 24.8 Å². The molecule has 0 fully saturated rings. The van der Waals surface area contributed by atoms with Crippen molar-refractivity contribution in [1.29, 1.82) is 0 Å². The molecular weight excluding hydrogens is 234 g/mol. The molecule has 0 radical (unpaired) electrons. The second-order valence-electron chi connectivity index (χ2n) is 4.07. The van der Waals surface area contributed by atoms with Crippen molar-refractivity contribution in [2.24, 2.45) is 0 Å². The summed E-state index contributed by atoms with van der Waals surface area (Å²) in [7, 11) is 0. The van der Waals surface area contributed by atoms with Gasteiger partial charge in [-0.05, 0) is 19.9 Å². The largest absolute Gasteiger partial charge is 0.481 e. The smallest absolute Gasteiger partial charge is 0.309 e. The number of hydrogen-bond acceptors (Lipinski definition) is 4. The molecule has 2 rings (SSSR count). The molecule has 0 spiro atoms. The number of rotatable bonds is 5. The summed E-state index contributed by atoms with van der Waals surface area (Å²) in [4.78, 5) is 10.5. The summed E-state index contributed by atoms with van der Waals surface area (Å²) in [5.41, 5.74) is 2.45. The van der Waals surface area contributed by atoms with Crippen LogP contribution in [0, 0.1) is 6.92 Å². The van der Waals surface area contributed by atoms with E-state index in [-0.39, 0.29) is 6.42 Å². The highest BCUT2D eigenvalue weighted by Crippen LogP contribution is 2.06. The SMILES string of the molecule is CCn1nc(C)cc1Cn1cc(CC(=O)O)nn1. The Morgan fingerprint density at radius 2 is 2.28 bits per heavy atom. The number of aryl methyl sites for hydroxylation is 2. The fourth-order valence-corrected chi connectivity index (χ4v) is 1.82. The van der Waals surface area contributed by atoms with Crippen LogP contribution in [0.1, 0.15) is 24.0 Å². The highest BCUT2D eigenvalue weighted by Gasteiger charge is 2.08. The van der Waals surface area contributed by atoms with Crippen molar-refractivity contribution in [3.05, 3.63) is 29.3 Å². The van der Waals surface area contributed by atoms with E-state index in [1.54, 1.807) is 10.9 Å². The van der Waals surface area contributed by atoms with Crippen LogP contribution >= 0.6 is 0 Å². The molecule has 0 aliphatic carbocycles. The summed E-state index contributed by atoms with van der Waals surface area (Å²) < 4.78 is 3.52. The van der Waals surface area contributed by atoms with Crippen LogP contribution in [0.25, 0.3) is 0 Å². The number of aromatic nitrogens is 5. The summed E-state index contributed by atoms with van der Waals surface area (Å²) in [6.45, 7) is 5.29. The second-order valence-corrected chi connectivity index (χ2v) is 4.07. The van der Waals surface area contributed by atoms with Crippen LogP contribution in [0.5, 0.6) is 0 Å². The van der Waals surface area contributed by atoms with Crippen LogP contribution in [-0.2, 0) is 24.3 Å². The van der Waals surface area contributed by atoms with Gasteiger partial charge in [-0.3, -0.25) is 9.48 Å². The minimum absolute atomic E-state index is 0.105. The summed E-state index contributed by atoms with van der Waals surface area (Å²) in [5, 5.41) is 20.7. The van der Waals surface area contributed by atoms with E-state index in [0.29, 0.717) is 12.2 Å². The Balaban J connectivity index is 2.13. The fourth-order valence-electron chi connectivity index (χ4n) is 1.82. The summed E-state index contributed by atoms with van der Waals surface area (Å²) in [6.07, 6.45) is 1.54. The van der Waals surface area contributed by atoms with Crippen molar-refractivity contribution in [3.63, 3.8) is 0 Å². The van der Waals surface area contributed by atoms with E-state index in [9.17, 15) is 4.79 Å². The zero-order chi connectivity index (χ0) is 13.1. The van der Waals surface area contributed by atoms with Gasteiger partial charge in [0.05, 0.1) is 30.0 Å². The monoisotopic (exact) mass is 249 g/mol.